The summed E-state index contributed by atoms with van der Waals surface area (Å²) in [5.74, 6) is 0.384. The van der Waals surface area contributed by atoms with E-state index >= 15 is 0 Å². The highest BCUT2D eigenvalue weighted by molar-refractivity contribution is 5.65. The number of nitrogens with one attached hydrogen (secondary N) is 2. The van der Waals surface area contributed by atoms with Gasteiger partial charge in [-0.2, -0.15) is 13.2 Å². The minimum Gasteiger partial charge on any atom is -0.385 e. The average Bonchev–Trinajstić information content (AvgIpc) is 2.68. The van der Waals surface area contributed by atoms with Gasteiger partial charge in [-0.05, 0) is 44.2 Å². The Hall–Kier alpha value is -2.57. The minimum atomic E-state index is -4.60. The molecule has 1 heterocycles. The number of alkyl halides is 3. The Labute approximate surface area is 169 Å². The summed E-state index contributed by atoms with van der Waals surface area (Å²) in [5, 5.41) is 5.96. The third kappa shape index (κ3) is 5.49. The van der Waals surface area contributed by atoms with Gasteiger partial charge in [0.2, 0.25) is 5.95 Å². The largest absolute Gasteiger partial charge is 0.434 e. The number of benzene rings is 1. The summed E-state index contributed by atoms with van der Waals surface area (Å²) >= 11 is 0. The van der Waals surface area contributed by atoms with Gasteiger partial charge in [0.25, 0.3) is 0 Å². The molecule has 0 saturated heterocycles. The zero-order valence-corrected chi connectivity index (χ0v) is 16.9. The van der Waals surface area contributed by atoms with E-state index < -0.39 is 11.9 Å². The normalized spacial score (nSPS) is 15.2. The first-order valence-electron chi connectivity index (χ1n) is 9.95. The standard InChI is InChI=1S/C22H27F3N4/c1-14-9-10-19(15(2)11-14)28-21-27-13-18(20(29-21)22(23,24)25)16(3)26-12-17-7-5-4-6-8-17/h9-11,13,17,26H,3-8,12H2,1-2H3,(H,27,28,29). The molecule has 2 aromatic rings. The van der Waals surface area contributed by atoms with Crippen molar-refractivity contribution in [3.63, 3.8) is 0 Å². The fraction of sp³-hybridized carbons (Fsp3) is 0.455. The Kier molecular flexibility index (Phi) is 6.45. The van der Waals surface area contributed by atoms with Gasteiger partial charge in [0.1, 0.15) is 0 Å². The Morgan fingerprint density at radius 1 is 1.17 bits per heavy atom. The van der Waals surface area contributed by atoms with E-state index in [2.05, 4.69) is 27.2 Å². The van der Waals surface area contributed by atoms with Gasteiger partial charge in [-0.15, -0.1) is 0 Å². The van der Waals surface area contributed by atoms with Crippen LogP contribution in [0.1, 0.15) is 54.5 Å². The number of anilines is 2. The summed E-state index contributed by atoms with van der Waals surface area (Å²) < 4.78 is 41.0. The first-order valence-corrected chi connectivity index (χ1v) is 9.95. The SMILES string of the molecule is C=C(NCC1CCCCC1)c1cnc(Nc2ccc(C)cc2C)nc1C(F)(F)F. The maximum atomic E-state index is 13.7. The number of hydrogen-bond acceptors (Lipinski definition) is 4. The lowest BCUT2D eigenvalue weighted by molar-refractivity contribution is -0.141. The summed E-state index contributed by atoms with van der Waals surface area (Å²) in [6.07, 6.45) is 2.37. The molecule has 1 aromatic carbocycles. The molecule has 7 heteroatoms. The molecule has 1 aromatic heterocycles. The van der Waals surface area contributed by atoms with Crippen LogP contribution in [-0.2, 0) is 6.18 Å². The van der Waals surface area contributed by atoms with Crippen LogP contribution in [0.5, 0.6) is 0 Å². The van der Waals surface area contributed by atoms with Crippen LogP contribution in [0.2, 0.25) is 0 Å². The summed E-state index contributed by atoms with van der Waals surface area (Å²) in [5.41, 5.74) is 1.76. The minimum absolute atomic E-state index is 0.0897. The molecule has 0 aliphatic heterocycles. The summed E-state index contributed by atoms with van der Waals surface area (Å²) in [6.45, 7) is 8.27. The molecule has 0 radical (unpaired) electrons. The molecule has 156 valence electrons. The van der Waals surface area contributed by atoms with Crippen LogP contribution in [0.25, 0.3) is 5.70 Å². The van der Waals surface area contributed by atoms with Crippen LogP contribution in [0, 0.1) is 19.8 Å². The lowest BCUT2D eigenvalue weighted by Crippen LogP contribution is -2.25. The van der Waals surface area contributed by atoms with Crippen LogP contribution >= 0.6 is 0 Å². The molecule has 1 saturated carbocycles. The Bertz CT molecular complexity index is 871. The number of hydrogen-bond donors (Lipinski definition) is 2. The first kappa shape index (κ1) is 21.1. The van der Waals surface area contributed by atoms with Crippen molar-refractivity contribution in [2.45, 2.75) is 52.1 Å². The van der Waals surface area contributed by atoms with Crippen molar-refractivity contribution in [1.29, 1.82) is 0 Å². The molecule has 0 amide bonds. The van der Waals surface area contributed by atoms with Gasteiger partial charge in [0.05, 0.1) is 0 Å². The van der Waals surface area contributed by atoms with Gasteiger partial charge in [0, 0.05) is 29.7 Å². The molecule has 0 bridgehead atoms. The van der Waals surface area contributed by atoms with E-state index in [1.54, 1.807) is 6.07 Å². The number of rotatable bonds is 6. The van der Waals surface area contributed by atoms with Crippen LogP contribution in [0.3, 0.4) is 0 Å². The lowest BCUT2D eigenvalue weighted by atomic mass is 9.89. The number of aryl methyl sites for hydroxylation is 2. The van der Waals surface area contributed by atoms with Crippen LogP contribution in [0.4, 0.5) is 24.8 Å². The van der Waals surface area contributed by atoms with Gasteiger partial charge in [0.15, 0.2) is 5.69 Å². The molecule has 1 fully saturated rings. The Morgan fingerprint density at radius 3 is 2.55 bits per heavy atom. The second-order valence-corrected chi connectivity index (χ2v) is 7.76. The van der Waals surface area contributed by atoms with Crippen LogP contribution in [0.15, 0.2) is 31.0 Å². The molecule has 0 atom stereocenters. The highest BCUT2D eigenvalue weighted by Crippen LogP contribution is 2.34. The third-order valence-corrected chi connectivity index (χ3v) is 5.34. The average molecular weight is 404 g/mol. The molecule has 4 nitrogen and oxygen atoms in total. The fourth-order valence-electron chi connectivity index (χ4n) is 3.71. The Balaban J connectivity index is 1.79. The molecule has 1 aliphatic carbocycles. The van der Waals surface area contributed by atoms with Crippen molar-refractivity contribution in [3.05, 3.63) is 53.4 Å². The zero-order valence-electron chi connectivity index (χ0n) is 16.9. The van der Waals surface area contributed by atoms with E-state index in [-0.39, 0.29) is 17.2 Å². The van der Waals surface area contributed by atoms with Crippen molar-refractivity contribution >= 4 is 17.3 Å². The van der Waals surface area contributed by atoms with Crippen LogP contribution in [-0.4, -0.2) is 16.5 Å². The van der Waals surface area contributed by atoms with E-state index in [0.29, 0.717) is 18.2 Å². The quantitative estimate of drug-likeness (QED) is 0.620. The maximum absolute atomic E-state index is 13.7. The summed E-state index contributed by atoms with van der Waals surface area (Å²) in [7, 11) is 0. The molecule has 0 unspecified atom stereocenters. The van der Waals surface area contributed by atoms with E-state index in [9.17, 15) is 13.2 Å². The van der Waals surface area contributed by atoms with E-state index in [1.165, 1.54) is 25.5 Å². The van der Waals surface area contributed by atoms with E-state index in [0.717, 1.165) is 24.0 Å². The van der Waals surface area contributed by atoms with Crippen molar-refractivity contribution in [1.82, 2.24) is 15.3 Å². The fourth-order valence-corrected chi connectivity index (χ4v) is 3.71. The molecule has 1 aliphatic rings. The smallest absolute Gasteiger partial charge is 0.385 e. The summed E-state index contributed by atoms with van der Waals surface area (Å²) in [6, 6.07) is 5.63. The van der Waals surface area contributed by atoms with Crippen LogP contribution < -0.4 is 10.6 Å². The van der Waals surface area contributed by atoms with E-state index in [4.69, 9.17) is 0 Å². The van der Waals surface area contributed by atoms with Crippen molar-refractivity contribution < 1.29 is 13.2 Å². The second-order valence-electron chi connectivity index (χ2n) is 7.76. The summed E-state index contributed by atoms with van der Waals surface area (Å²) in [4.78, 5) is 7.88. The Morgan fingerprint density at radius 2 is 1.90 bits per heavy atom. The highest BCUT2D eigenvalue weighted by atomic mass is 19.4. The molecule has 0 spiro atoms. The van der Waals surface area contributed by atoms with Crippen molar-refractivity contribution in [2.75, 3.05) is 11.9 Å². The first-order chi connectivity index (χ1) is 13.7. The molecular formula is C22H27F3N4. The molecule has 2 N–H and O–H groups in total. The lowest BCUT2D eigenvalue weighted by Gasteiger charge is -2.23. The predicted molar refractivity (Wildman–Crippen MR) is 110 cm³/mol. The van der Waals surface area contributed by atoms with Crippen molar-refractivity contribution in [3.8, 4) is 0 Å². The van der Waals surface area contributed by atoms with Gasteiger partial charge >= 0.3 is 6.18 Å². The molecule has 29 heavy (non-hydrogen) atoms. The van der Waals surface area contributed by atoms with Crippen molar-refractivity contribution in [2.24, 2.45) is 5.92 Å². The van der Waals surface area contributed by atoms with Gasteiger partial charge < -0.3 is 10.6 Å². The molecule has 3 rings (SSSR count). The maximum Gasteiger partial charge on any atom is 0.434 e. The van der Waals surface area contributed by atoms with E-state index in [1.807, 2.05) is 26.0 Å². The number of halogens is 3. The highest BCUT2D eigenvalue weighted by Gasteiger charge is 2.37. The topological polar surface area (TPSA) is 49.8 Å². The third-order valence-electron chi connectivity index (χ3n) is 5.34. The molecular weight excluding hydrogens is 377 g/mol. The zero-order chi connectivity index (χ0) is 21.0. The monoisotopic (exact) mass is 404 g/mol. The second kappa shape index (κ2) is 8.84. The number of aromatic nitrogens is 2. The van der Waals surface area contributed by atoms with Gasteiger partial charge in [-0.1, -0.05) is 43.5 Å². The van der Waals surface area contributed by atoms with Gasteiger partial charge in [-0.3, -0.25) is 0 Å². The predicted octanol–water partition coefficient (Wildman–Crippen LogP) is 6.00. The number of nitrogens with zero attached hydrogens (tertiary/aromatic N) is 2. The van der Waals surface area contributed by atoms with Gasteiger partial charge in [-0.25, -0.2) is 9.97 Å².